The standard InChI is InChI=1S/C27H33N5O5S/c1-31(14-16-38(3,33)34)13-15-36-26-17-24-25(18-32(26)35-2)28-20-29-27(24)30-22-9-11-23(12-10-22)37-19-21-7-5-4-6-8-21/h4-12,17-18,20,30H,13-16,19H2,1-3H3,(H,28,29). The number of likely N-dealkylation sites (N-methyl/N-ethyl adjacent to an activating group) is 1. The Morgan fingerprint density at radius 2 is 1.82 bits per heavy atom. The number of aliphatic imine (C=N–C) groups is 1. The molecule has 2 heterocycles. The molecule has 0 radical (unpaired) electrons. The Balaban J connectivity index is 1.40. The number of hydrogen-bond acceptors (Lipinski definition) is 10. The molecule has 0 saturated heterocycles. The third-order valence-corrected chi connectivity index (χ3v) is 6.74. The lowest BCUT2D eigenvalue weighted by Gasteiger charge is -2.29. The molecule has 10 nitrogen and oxygen atoms in total. The summed E-state index contributed by atoms with van der Waals surface area (Å²) in [5.74, 6) is 2.02. The van der Waals surface area contributed by atoms with Gasteiger partial charge in [0, 0.05) is 36.7 Å². The normalized spacial score (nSPS) is 15.0. The lowest BCUT2D eigenvalue weighted by molar-refractivity contribution is -0.105. The van der Waals surface area contributed by atoms with E-state index in [-0.39, 0.29) is 5.75 Å². The zero-order valence-corrected chi connectivity index (χ0v) is 22.6. The van der Waals surface area contributed by atoms with Gasteiger partial charge in [-0.15, -0.1) is 0 Å². The van der Waals surface area contributed by atoms with E-state index in [1.807, 2.05) is 72.6 Å². The van der Waals surface area contributed by atoms with Crippen LogP contribution in [-0.4, -0.2) is 70.6 Å². The van der Waals surface area contributed by atoms with Crippen molar-refractivity contribution in [1.82, 2.24) is 15.3 Å². The molecule has 2 aliphatic rings. The van der Waals surface area contributed by atoms with E-state index in [1.54, 1.807) is 19.6 Å². The Morgan fingerprint density at radius 3 is 2.53 bits per heavy atom. The minimum atomic E-state index is -3.01. The number of hydroxylamine groups is 2. The number of anilines is 1. The van der Waals surface area contributed by atoms with Gasteiger partial charge in [-0.25, -0.2) is 13.4 Å². The summed E-state index contributed by atoms with van der Waals surface area (Å²) in [5.41, 5.74) is 3.57. The maximum atomic E-state index is 11.4. The fraction of sp³-hybridized carbons (Fsp3) is 0.296. The Morgan fingerprint density at radius 1 is 1.05 bits per heavy atom. The molecule has 0 bridgehead atoms. The fourth-order valence-corrected chi connectivity index (χ4v) is 4.30. The van der Waals surface area contributed by atoms with E-state index in [0.717, 1.165) is 28.3 Å². The molecular weight excluding hydrogens is 506 g/mol. The average Bonchev–Trinajstić information content (AvgIpc) is 2.91. The smallest absolute Gasteiger partial charge is 0.218 e. The van der Waals surface area contributed by atoms with Gasteiger partial charge in [-0.05, 0) is 36.9 Å². The van der Waals surface area contributed by atoms with Crippen LogP contribution in [0.15, 0.2) is 94.8 Å². The maximum Gasteiger partial charge on any atom is 0.218 e. The first-order valence-electron chi connectivity index (χ1n) is 12.1. The Kier molecular flexibility index (Phi) is 9.06. The van der Waals surface area contributed by atoms with Crippen LogP contribution < -0.4 is 15.4 Å². The van der Waals surface area contributed by atoms with Gasteiger partial charge in [0.1, 0.15) is 34.6 Å². The molecule has 2 aromatic carbocycles. The summed E-state index contributed by atoms with van der Waals surface area (Å²) >= 11 is 0. The number of rotatable bonds is 13. The van der Waals surface area contributed by atoms with Crippen molar-refractivity contribution in [1.29, 1.82) is 0 Å². The van der Waals surface area contributed by atoms with Crippen molar-refractivity contribution in [3.63, 3.8) is 0 Å². The van der Waals surface area contributed by atoms with E-state index in [2.05, 4.69) is 15.6 Å². The summed E-state index contributed by atoms with van der Waals surface area (Å²) in [6.07, 6.45) is 6.47. The van der Waals surface area contributed by atoms with E-state index in [0.29, 0.717) is 38.0 Å². The summed E-state index contributed by atoms with van der Waals surface area (Å²) in [6, 6.07) is 17.7. The van der Waals surface area contributed by atoms with Crippen molar-refractivity contribution < 1.29 is 22.7 Å². The minimum Gasteiger partial charge on any atom is -0.489 e. The lowest BCUT2D eigenvalue weighted by Crippen LogP contribution is -2.31. The monoisotopic (exact) mass is 539 g/mol. The van der Waals surface area contributed by atoms with Crippen LogP contribution in [-0.2, 0) is 26.0 Å². The summed E-state index contributed by atoms with van der Waals surface area (Å²) in [7, 11) is 0.404. The van der Waals surface area contributed by atoms with Gasteiger partial charge in [-0.1, -0.05) is 30.3 Å². The predicted octanol–water partition coefficient (Wildman–Crippen LogP) is 3.07. The average molecular weight is 540 g/mol. The van der Waals surface area contributed by atoms with Gasteiger partial charge in [0.15, 0.2) is 0 Å². The number of ether oxygens (including phenoxy) is 2. The summed E-state index contributed by atoms with van der Waals surface area (Å²) in [5, 5.41) is 8.02. The summed E-state index contributed by atoms with van der Waals surface area (Å²) in [4.78, 5) is 11.8. The molecule has 202 valence electrons. The van der Waals surface area contributed by atoms with Crippen LogP contribution >= 0.6 is 0 Å². The Labute approximate surface area is 223 Å². The van der Waals surface area contributed by atoms with Crippen LogP contribution in [0, 0.1) is 0 Å². The third kappa shape index (κ3) is 7.85. The zero-order valence-electron chi connectivity index (χ0n) is 21.8. The molecule has 2 aliphatic heterocycles. The first kappa shape index (κ1) is 27.2. The Bertz CT molecular complexity index is 1320. The topological polar surface area (TPSA) is 105 Å². The van der Waals surface area contributed by atoms with Crippen molar-refractivity contribution in [3.05, 3.63) is 95.4 Å². The van der Waals surface area contributed by atoms with Crippen molar-refractivity contribution in [3.8, 4) is 5.75 Å². The first-order valence-corrected chi connectivity index (χ1v) is 14.2. The molecule has 0 saturated carbocycles. The van der Waals surface area contributed by atoms with Crippen LogP contribution in [0.4, 0.5) is 5.69 Å². The predicted molar refractivity (Wildman–Crippen MR) is 148 cm³/mol. The van der Waals surface area contributed by atoms with E-state index in [4.69, 9.17) is 14.3 Å². The SMILES string of the molecule is CON1C=C2NC=NC(Nc3ccc(OCc4ccccc4)cc3)=C2C=C1OCCN(C)CCS(C)(=O)=O. The first-order chi connectivity index (χ1) is 18.3. The summed E-state index contributed by atoms with van der Waals surface area (Å²) < 4.78 is 34.7. The van der Waals surface area contributed by atoms with E-state index >= 15 is 0 Å². The van der Waals surface area contributed by atoms with Gasteiger partial charge in [-0.3, -0.25) is 4.84 Å². The highest BCUT2D eigenvalue weighted by Gasteiger charge is 2.24. The fourth-order valence-electron chi connectivity index (χ4n) is 3.66. The van der Waals surface area contributed by atoms with Crippen LogP contribution in [0.2, 0.25) is 0 Å². The quantitative estimate of drug-likeness (QED) is 0.397. The molecule has 0 aliphatic carbocycles. The second kappa shape index (κ2) is 12.6. The lowest BCUT2D eigenvalue weighted by atomic mass is 10.1. The molecule has 2 N–H and O–H groups in total. The highest BCUT2D eigenvalue weighted by Crippen LogP contribution is 2.29. The number of hydrogen-bond donors (Lipinski definition) is 2. The highest BCUT2D eigenvalue weighted by molar-refractivity contribution is 7.90. The van der Waals surface area contributed by atoms with Gasteiger partial charge in [0.2, 0.25) is 5.88 Å². The molecular formula is C27H33N5O5S. The number of nitrogens with one attached hydrogen (secondary N) is 2. The number of nitrogens with zero attached hydrogens (tertiary/aromatic N) is 3. The zero-order chi connectivity index (χ0) is 27.0. The molecule has 0 fully saturated rings. The van der Waals surface area contributed by atoms with Crippen LogP contribution in [0.1, 0.15) is 5.56 Å². The van der Waals surface area contributed by atoms with E-state index in [9.17, 15) is 8.42 Å². The van der Waals surface area contributed by atoms with E-state index in [1.165, 1.54) is 11.3 Å². The maximum absolute atomic E-state index is 11.4. The highest BCUT2D eigenvalue weighted by atomic mass is 32.2. The summed E-state index contributed by atoms with van der Waals surface area (Å²) in [6.45, 7) is 1.85. The minimum absolute atomic E-state index is 0.105. The number of benzene rings is 2. The van der Waals surface area contributed by atoms with Gasteiger partial charge in [-0.2, -0.15) is 5.06 Å². The third-order valence-electron chi connectivity index (χ3n) is 5.82. The van der Waals surface area contributed by atoms with Crippen molar-refractivity contribution in [2.45, 2.75) is 6.61 Å². The van der Waals surface area contributed by atoms with Gasteiger partial charge < -0.3 is 25.0 Å². The van der Waals surface area contributed by atoms with Gasteiger partial charge in [0.05, 0.1) is 31.1 Å². The van der Waals surface area contributed by atoms with Crippen molar-refractivity contribution in [2.24, 2.45) is 4.99 Å². The van der Waals surface area contributed by atoms with Gasteiger partial charge in [0.25, 0.3) is 0 Å². The van der Waals surface area contributed by atoms with E-state index < -0.39 is 9.84 Å². The molecule has 0 unspecified atom stereocenters. The largest absolute Gasteiger partial charge is 0.489 e. The van der Waals surface area contributed by atoms with Crippen LogP contribution in [0.3, 0.4) is 0 Å². The molecule has 0 amide bonds. The molecule has 11 heteroatoms. The molecule has 2 aromatic rings. The van der Waals surface area contributed by atoms with Crippen molar-refractivity contribution >= 4 is 21.9 Å². The second-order valence-corrected chi connectivity index (χ2v) is 11.2. The Hall–Kier alpha value is -3.80. The molecule has 0 atom stereocenters. The second-order valence-electron chi connectivity index (χ2n) is 8.90. The van der Waals surface area contributed by atoms with Crippen LogP contribution in [0.5, 0.6) is 5.75 Å². The molecule has 0 aromatic heterocycles. The number of sulfone groups is 1. The number of allylic oxidation sites excluding steroid dienone is 1. The molecule has 0 spiro atoms. The van der Waals surface area contributed by atoms with Gasteiger partial charge >= 0.3 is 0 Å². The molecule has 4 rings (SSSR count). The van der Waals surface area contributed by atoms with Crippen LogP contribution in [0.25, 0.3) is 0 Å². The molecule has 38 heavy (non-hydrogen) atoms. The van der Waals surface area contributed by atoms with Crippen molar-refractivity contribution in [2.75, 3.05) is 51.2 Å². The number of fused-ring (bicyclic) bond motifs is 1.